The SMILES string of the molecule is Nc1ncnc2c1ncn2[C@H]1CC(O)[C@@H](COP(=O)(O)Oc2cccc(O)c2)O1. The fraction of sp³-hybridized carbons (Fsp3) is 0.312. The molecule has 4 atom stereocenters. The van der Waals surface area contributed by atoms with Crippen LogP contribution in [0.25, 0.3) is 11.2 Å². The number of imidazole rings is 1. The second kappa shape index (κ2) is 7.58. The van der Waals surface area contributed by atoms with Gasteiger partial charge in [-0.15, -0.1) is 0 Å². The highest BCUT2D eigenvalue weighted by molar-refractivity contribution is 7.47. The summed E-state index contributed by atoms with van der Waals surface area (Å²) in [6, 6.07) is 5.39. The number of phosphoric acid groups is 1. The quantitative estimate of drug-likeness (QED) is 0.415. The number of nitrogen functional groups attached to an aromatic ring is 1. The van der Waals surface area contributed by atoms with Gasteiger partial charge in [0.25, 0.3) is 0 Å². The number of nitrogens with two attached hydrogens (primary N) is 1. The van der Waals surface area contributed by atoms with Crippen molar-refractivity contribution in [2.75, 3.05) is 12.3 Å². The molecule has 3 heterocycles. The van der Waals surface area contributed by atoms with Gasteiger partial charge < -0.3 is 25.2 Å². The number of hydrogen-bond donors (Lipinski definition) is 4. The molecule has 12 nitrogen and oxygen atoms in total. The van der Waals surface area contributed by atoms with Gasteiger partial charge >= 0.3 is 7.82 Å². The summed E-state index contributed by atoms with van der Waals surface area (Å²) < 4.78 is 29.3. The number of benzene rings is 1. The topological polar surface area (TPSA) is 175 Å². The van der Waals surface area contributed by atoms with Crippen molar-refractivity contribution >= 4 is 24.8 Å². The number of fused-ring (bicyclic) bond motifs is 1. The summed E-state index contributed by atoms with van der Waals surface area (Å²) in [7, 11) is -4.50. The van der Waals surface area contributed by atoms with Gasteiger partial charge in [-0.1, -0.05) is 6.07 Å². The molecule has 154 valence electrons. The summed E-state index contributed by atoms with van der Waals surface area (Å²) in [6.07, 6.45) is 0.484. The Kier molecular flexibility index (Phi) is 5.11. The zero-order chi connectivity index (χ0) is 20.6. The van der Waals surface area contributed by atoms with E-state index in [1.54, 1.807) is 4.57 Å². The molecule has 1 aliphatic rings. The number of phenolic OH excluding ortho intramolecular Hbond substituents is 1. The molecule has 4 rings (SSSR count). The van der Waals surface area contributed by atoms with E-state index in [0.717, 1.165) is 0 Å². The number of aliphatic hydroxyl groups is 1. The van der Waals surface area contributed by atoms with Crippen LogP contribution in [0.1, 0.15) is 12.6 Å². The van der Waals surface area contributed by atoms with Gasteiger partial charge in [-0.05, 0) is 12.1 Å². The largest absolute Gasteiger partial charge is 0.527 e. The lowest BCUT2D eigenvalue weighted by molar-refractivity contribution is -0.0420. The Hall–Kier alpha value is -2.76. The van der Waals surface area contributed by atoms with Gasteiger partial charge in [-0.25, -0.2) is 19.5 Å². The first-order valence-electron chi connectivity index (χ1n) is 8.55. The smallest absolute Gasteiger partial charge is 0.508 e. The monoisotopic (exact) mass is 423 g/mol. The minimum Gasteiger partial charge on any atom is -0.508 e. The lowest BCUT2D eigenvalue weighted by Gasteiger charge is -2.18. The van der Waals surface area contributed by atoms with Crippen LogP contribution in [-0.4, -0.2) is 53.4 Å². The number of rotatable bonds is 6. The molecule has 1 saturated heterocycles. The van der Waals surface area contributed by atoms with Gasteiger partial charge in [0.15, 0.2) is 11.5 Å². The highest BCUT2D eigenvalue weighted by atomic mass is 31.2. The zero-order valence-corrected chi connectivity index (χ0v) is 15.8. The molecule has 2 aromatic heterocycles. The van der Waals surface area contributed by atoms with Crippen LogP contribution in [0.3, 0.4) is 0 Å². The number of ether oxygens (including phenoxy) is 1. The third-order valence-electron chi connectivity index (χ3n) is 4.34. The number of hydrogen-bond acceptors (Lipinski definition) is 10. The first-order chi connectivity index (χ1) is 13.8. The minimum absolute atomic E-state index is 0.0382. The van der Waals surface area contributed by atoms with Crippen molar-refractivity contribution in [2.45, 2.75) is 24.9 Å². The van der Waals surface area contributed by atoms with Crippen LogP contribution in [-0.2, 0) is 13.8 Å². The van der Waals surface area contributed by atoms with E-state index in [4.69, 9.17) is 19.5 Å². The maximum atomic E-state index is 12.1. The van der Waals surface area contributed by atoms with Crippen LogP contribution in [0.5, 0.6) is 11.5 Å². The second-order valence-electron chi connectivity index (χ2n) is 6.37. The molecule has 3 aromatic rings. The summed E-state index contributed by atoms with van der Waals surface area (Å²) in [5.74, 6) is 0.0538. The summed E-state index contributed by atoms with van der Waals surface area (Å²) >= 11 is 0. The van der Waals surface area contributed by atoms with Gasteiger partial charge in [0, 0.05) is 12.5 Å². The van der Waals surface area contributed by atoms with Crippen molar-refractivity contribution in [3.8, 4) is 11.5 Å². The molecule has 1 fully saturated rings. The van der Waals surface area contributed by atoms with Crippen molar-refractivity contribution in [3.63, 3.8) is 0 Å². The maximum Gasteiger partial charge on any atom is 0.527 e. The normalized spacial score (nSPS) is 23.9. The standard InChI is InChI=1S/C16H18N5O7P/c17-15-14-16(19-7-18-15)21(8-20-14)13-5-11(23)12(27-13)6-26-29(24,25)28-10-3-1-2-9(22)4-10/h1-4,7-8,11-13,22-23H,5-6H2,(H,24,25)(H2,17,18,19)/t11?,12-,13-/m1/s1. The number of phosphoric ester groups is 1. The van der Waals surface area contributed by atoms with Gasteiger partial charge in [0.1, 0.15) is 35.7 Å². The number of aromatic nitrogens is 4. The predicted molar refractivity (Wildman–Crippen MR) is 98.8 cm³/mol. The summed E-state index contributed by atoms with van der Waals surface area (Å²) in [5, 5.41) is 19.7. The Morgan fingerprint density at radius 3 is 2.97 bits per heavy atom. The van der Waals surface area contributed by atoms with E-state index in [9.17, 15) is 19.7 Å². The molecular formula is C16H18N5O7P. The Bertz CT molecular complexity index is 1080. The number of aliphatic hydroxyl groups excluding tert-OH is 1. The molecule has 0 spiro atoms. The van der Waals surface area contributed by atoms with E-state index in [1.165, 1.54) is 36.9 Å². The van der Waals surface area contributed by atoms with E-state index in [2.05, 4.69) is 15.0 Å². The number of phenols is 1. The first-order valence-corrected chi connectivity index (χ1v) is 10.0. The summed E-state index contributed by atoms with van der Waals surface area (Å²) in [6.45, 7) is -0.395. The van der Waals surface area contributed by atoms with E-state index < -0.39 is 32.9 Å². The molecule has 1 aromatic carbocycles. The Morgan fingerprint density at radius 1 is 1.34 bits per heavy atom. The molecular weight excluding hydrogens is 405 g/mol. The predicted octanol–water partition coefficient (Wildman–Crippen LogP) is 0.958. The molecule has 1 aliphatic heterocycles. The Morgan fingerprint density at radius 2 is 2.17 bits per heavy atom. The van der Waals surface area contributed by atoms with Crippen molar-refractivity contribution in [1.82, 2.24) is 19.5 Å². The van der Waals surface area contributed by atoms with Crippen LogP contribution < -0.4 is 10.3 Å². The number of anilines is 1. The van der Waals surface area contributed by atoms with Gasteiger partial charge in [-0.2, -0.15) is 0 Å². The van der Waals surface area contributed by atoms with E-state index in [-0.39, 0.29) is 23.7 Å². The fourth-order valence-electron chi connectivity index (χ4n) is 2.98. The minimum atomic E-state index is -4.50. The Labute approximate surface area is 164 Å². The van der Waals surface area contributed by atoms with Crippen LogP contribution in [0.4, 0.5) is 5.82 Å². The average molecular weight is 423 g/mol. The van der Waals surface area contributed by atoms with Crippen molar-refractivity contribution < 1.29 is 33.5 Å². The maximum absolute atomic E-state index is 12.1. The molecule has 0 bridgehead atoms. The molecule has 2 unspecified atom stereocenters. The molecule has 0 amide bonds. The number of nitrogens with zero attached hydrogens (tertiary/aromatic N) is 4. The van der Waals surface area contributed by atoms with Crippen molar-refractivity contribution in [3.05, 3.63) is 36.9 Å². The van der Waals surface area contributed by atoms with E-state index in [0.29, 0.717) is 11.2 Å². The molecule has 13 heteroatoms. The van der Waals surface area contributed by atoms with E-state index >= 15 is 0 Å². The van der Waals surface area contributed by atoms with E-state index in [1.807, 2.05) is 0 Å². The van der Waals surface area contributed by atoms with Crippen LogP contribution in [0.15, 0.2) is 36.9 Å². The van der Waals surface area contributed by atoms with Gasteiger partial charge in [0.2, 0.25) is 0 Å². The summed E-state index contributed by atoms with van der Waals surface area (Å²) in [5.41, 5.74) is 6.61. The highest BCUT2D eigenvalue weighted by Crippen LogP contribution is 2.45. The molecule has 0 radical (unpaired) electrons. The fourth-order valence-corrected chi connectivity index (χ4v) is 3.75. The molecule has 29 heavy (non-hydrogen) atoms. The lowest BCUT2D eigenvalue weighted by atomic mass is 10.2. The highest BCUT2D eigenvalue weighted by Gasteiger charge is 2.38. The molecule has 5 N–H and O–H groups in total. The van der Waals surface area contributed by atoms with Crippen LogP contribution in [0.2, 0.25) is 0 Å². The van der Waals surface area contributed by atoms with Crippen molar-refractivity contribution in [1.29, 1.82) is 0 Å². The second-order valence-corrected chi connectivity index (χ2v) is 7.75. The van der Waals surface area contributed by atoms with Gasteiger partial charge in [0.05, 0.1) is 19.0 Å². The van der Waals surface area contributed by atoms with Gasteiger partial charge in [-0.3, -0.25) is 14.0 Å². The zero-order valence-electron chi connectivity index (χ0n) is 14.9. The van der Waals surface area contributed by atoms with Crippen LogP contribution >= 0.6 is 7.82 Å². The lowest BCUT2D eigenvalue weighted by Crippen LogP contribution is -2.26. The van der Waals surface area contributed by atoms with Crippen molar-refractivity contribution in [2.24, 2.45) is 0 Å². The average Bonchev–Trinajstić information content (AvgIpc) is 3.24. The number of aromatic hydroxyl groups is 1. The van der Waals surface area contributed by atoms with Crippen LogP contribution in [0, 0.1) is 0 Å². The third-order valence-corrected chi connectivity index (χ3v) is 5.26. The molecule has 0 aliphatic carbocycles. The first kappa shape index (κ1) is 19.6. The molecule has 0 saturated carbocycles. The summed E-state index contributed by atoms with van der Waals surface area (Å²) in [4.78, 5) is 22.0. The Balaban J connectivity index is 1.41. The third kappa shape index (κ3) is 4.16.